The number of methoxy groups -OCH3 is 1. The number of nitrogens with one attached hydrogen (secondary N) is 1. The van der Waals surface area contributed by atoms with Gasteiger partial charge in [0, 0.05) is 6.54 Å². The van der Waals surface area contributed by atoms with Crippen molar-refractivity contribution in [3.63, 3.8) is 0 Å². The van der Waals surface area contributed by atoms with E-state index in [1.165, 1.54) is 12.0 Å². The van der Waals surface area contributed by atoms with Crippen molar-refractivity contribution in [2.24, 2.45) is 0 Å². The van der Waals surface area contributed by atoms with Gasteiger partial charge in [-0.25, -0.2) is 9.59 Å². The van der Waals surface area contributed by atoms with E-state index in [1.54, 1.807) is 6.92 Å². The lowest BCUT2D eigenvalue weighted by molar-refractivity contribution is -0.153. The van der Waals surface area contributed by atoms with E-state index in [-0.39, 0.29) is 19.1 Å². The zero-order chi connectivity index (χ0) is 21.6. The first-order chi connectivity index (χ1) is 14.4. The number of carbonyl (C=O) groups is 3. The highest BCUT2D eigenvalue weighted by molar-refractivity contribution is 5.95. The Kier molecular flexibility index (Phi) is 6.72. The third kappa shape index (κ3) is 5.17. The number of carbonyl (C=O) groups excluding carboxylic acids is 3. The highest BCUT2D eigenvalue weighted by Gasteiger charge is 2.54. The second kappa shape index (κ2) is 9.43. The highest BCUT2D eigenvalue weighted by Crippen LogP contribution is 2.38. The zero-order valence-electron chi connectivity index (χ0n) is 17.2. The minimum atomic E-state index is -1.05. The van der Waals surface area contributed by atoms with Crippen molar-refractivity contribution in [3.05, 3.63) is 71.8 Å². The minimum Gasteiger partial charge on any atom is -0.467 e. The lowest BCUT2D eigenvalue weighted by Crippen LogP contribution is -2.54. The number of rotatable bonds is 8. The highest BCUT2D eigenvalue weighted by atomic mass is 16.5. The van der Waals surface area contributed by atoms with Crippen LogP contribution in [0.25, 0.3) is 0 Å². The maximum absolute atomic E-state index is 13.4. The molecular formula is C23H26N2O5. The Morgan fingerprint density at radius 2 is 1.57 bits per heavy atom. The molecule has 2 aromatic carbocycles. The van der Waals surface area contributed by atoms with E-state index in [2.05, 4.69) is 5.32 Å². The van der Waals surface area contributed by atoms with Crippen molar-refractivity contribution in [1.29, 1.82) is 0 Å². The number of esters is 1. The topological polar surface area (TPSA) is 84.9 Å². The third-order valence-corrected chi connectivity index (χ3v) is 5.18. The van der Waals surface area contributed by atoms with Crippen LogP contribution in [0.2, 0.25) is 0 Å². The molecule has 2 amide bonds. The third-order valence-electron chi connectivity index (χ3n) is 5.18. The molecule has 1 atom stereocenters. The van der Waals surface area contributed by atoms with Gasteiger partial charge in [0.05, 0.1) is 7.11 Å². The molecule has 30 heavy (non-hydrogen) atoms. The summed E-state index contributed by atoms with van der Waals surface area (Å²) in [5, 5.41) is 2.71. The van der Waals surface area contributed by atoms with E-state index < -0.39 is 23.6 Å². The molecule has 158 valence electrons. The Morgan fingerprint density at radius 3 is 2.10 bits per heavy atom. The van der Waals surface area contributed by atoms with Gasteiger partial charge in [-0.2, -0.15) is 0 Å². The van der Waals surface area contributed by atoms with E-state index in [0.29, 0.717) is 12.8 Å². The average Bonchev–Trinajstić information content (AvgIpc) is 3.56. The molecule has 0 radical (unpaired) electrons. The van der Waals surface area contributed by atoms with Gasteiger partial charge in [-0.05, 0) is 30.9 Å². The van der Waals surface area contributed by atoms with Crippen molar-refractivity contribution < 1.29 is 23.9 Å². The molecular weight excluding hydrogens is 384 g/mol. The Balaban J connectivity index is 1.69. The number of nitrogens with zero attached hydrogens (tertiary/aromatic N) is 1. The Hall–Kier alpha value is -3.35. The molecule has 1 fully saturated rings. The van der Waals surface area contributed by atoms with Crippen LogP contribution < -0.4 is 5.32 Å². The summed E-state index contributed by atoms with van der Waals surface area (Å²) in [7, 11) is 1.29. The van der Waals surface area contributed by atoms with Gasteiger partial charge in [0.25, 0.3) is 0 Å². The molecule has 7 heteroatoms. The fourth-order valence-corrected chi connectivity index (χ4v) is 3.21. The summed E-state index contributed by atoms with van der Waals surface area (Å²) < 4.78 is 10.1. The lowest BCUT2D eigenvalue weighted by atomic mass is 10.1. The Morgan fingerprint density at radius 1 is 1.00 bits per heavy atom. The van der Waals surface area contributed by atoms with E-state index in [9.17, 15) is 14.4 Å². The summed E-state index contributed by atoms with van der Waals surface area (Å²) >= 11 is 0. The van der Waals surface area contributed by atoms with Crippen LogP contribution in [0.4, 0.5) is 4.79 Å². The van der Waals surface area contributed by atoms with Crippen LogP contribution in [0.3, 0.4) is 0 Å². The predicted molar refractivity (Wildman–Crippen MR) is 110 cm³/mol. The standard InChI is InChI=1S/C23H26N2O5/c1-17(20(26)29-2)25(15-18-9-5-3-6-10-18)21(27)23(13-14-23)24-22(28)30-16-19-11-7-4-8-12-19/h3-12,17H,13-16H2,1-2H3,(H,24,28). The van der Waals surface area contributed by atoms with Crippen LogP contribution in [0.1, 0.15) is 30.9 Å². The van der Waals surface area contributed by atoms with Gasteiger partial charge in [-0.15, -0.1) is 0 Å². The lowest BCUT2D eigenvalue weighted by Gasteiger charge is -2.31. The molecule has 0 spiro atoms. The number of amides is 2. The normalized spacial score (nSPS) is 14.9. The summed E-state index contributed by atoms with van der Waals surface area (Å²) in [5.74, 6) is -0.831. The largest absolute Gasteiger partial charge is 0.467 e. The summed E-state index contributed by atoms with van der Waals surface area (Å²) in [5.41, 5.74) is 0.683. The van der Waals surface area contributed by atoms with Crippen LogP contribution in [-0.2, 0) is 32.2 Å². The fraction of sp³-hybridized carbons (Fsp3) is 0.348. The van der Waals surface area contributed by atoms with E-state index >= 15 is 0 Å². The summed E-state index contributed by atoms with van der Waals surface area (Å²) in [6, 6.07) is 17.9. The Bertz CT molecular complexity index is 881. The quantitative estimate of drug-likeness (QED) is 0.676. The fourth-order valence-electron chi connectivity index (χ4n) is 3.21. The molecule has 3 rings (SSSR count). The number of alkyl carbamates (subject to hydrolysis) is 1. The molecule has 2 aromatic rings. The van der Waals surface area contributed by atoms with Gasteiger partial charge in [-0.1, -0.05) is 60.7 Å². The van der Waals surface area contributed by atoms with E-state index in [0.717, 1.165) is 11.1 Å². The van der Waals surface area contributed by atoms with Crippen LogP contribution in [0.5, 0.6) is 0 Å². The maximum Gasteiger partial charge on any atom is 0.408 e. The average molecular weight is 410 g/mol. The van der Waals surface area contributed by atoms with Gasteiger partial charge < -0.3 is 19.7 Å². The van der Waals surface area contributed by atoms with Gasteiger partial charge >= 0.3 is 12.1 Å². The minimum absolute atomic E-state index is 0.114. The van der Waals surface area contributed by atoms with Gasteiger partial charge in [0.15, 0.2) is 0 Å². The molecule has 0 heterocycles. The van der Waals surface area contributed by atoms with E-state index in [4.69, 9.17) is 9.47 Å². The number of benzene rings is 2. The Labute approximate surface area is 176 Å². The molecule has 1 N–H and O–H groups in total. The maximum atomic E-state index is 13.4. The summed E-state index contributed by atoms with van der Waals surface area (Å²) in [4.78, 5) is 39.3. The van der Waals surface area contributed by atoms with E-state index in [1.807, 2.05) is 60.7 Å². The predicted octanol–water partition coefficient (Wildman–Crippen LogP) is 3.04. The second-order valence-corrected chi connectivity index (χ2v) is 7.39. The monoisotopic (exact) mass is 410 g/mol. The second-order valence-electron chi connectivity index (χ2n) is 7.39. The molecule has 0 saturated heterocycles. The SMILES string of the molecule is COC(=O)C(C)N(Cc1ccccc1)C(=O)C1(NC(=O)OCc2ccccc2)CC1. The number of hydrogen-bond acceptors (Lipinski definition) is 5. The van der Waals surface area contributed by atoms with Crippen molar-refractivity contribution in [2.75, 3.05) is 7.11 Å². The van der Waals surface area contributed by atoms with Gasteiger partial charge in [0.1, 0.15) is 18.2 Å². The van der Waals surface area contributed by atoms with Crippen LogP contribution in [-0.4, -0.2) is 41.6 Å². The molecule has 0 aliphatic heterocycles. The molecule has 1 saturated carbocycles. The van der Waals surface area contributed by atoms with Crippen LogP contribution >= 0.6 is 0 Å². The van der Waals surface area contributed by atoms with Crippen molar-refractivity contribution in [2.45, 2.75) is 44.5 Å². The number of ether oxygens (including phenoxy) is 2. The summed E-state index contributed by atoms with van der Waals surface area (Å²) in [6.45, 7) is 1.97. The zero-order valence-corrected chi connectivity index (χ0v) is 17.2. The molecule has 1 aliphatic carbocycles. The first kappa shape index (κ1) is 21.4. The van der Waals surface area contributed by atoms with Crippen LogP contribution in [0.15, 0.2) is 60.7 Å². The molecule has 7 nitrogen and oxygen atoms in total. The van der Waals surface area contributed by atoms with Crippen molar-refractivity contribution in [3.8, 4) is 0 Å². The smallest absolute Gasteiger partial charge is 0.408 e. The van der Waals surface area contributed by atoms with Crippen LogP contribution in [0, 0.1) is 0 Å². The first-order valence-electron chi connectivity index (χ1n) is 9.87. The summed E-state index contributed by atoms with van der Waals surface area (Å²) in [6.07, 6.45) is 0.326. The van der Waals surface area contributed by atoms with Crippen molar-refractivity contribution >= 4 is 18.0 Å². The van der Waals surface area contributed by atoms with Crippen molar-refractivity contribution in [1.82, 2.24) is 10.2 Å². The van der Waals surface area contributed by atoms with Gasteiger partial charge in [0.2, 0.25) is 5.91 Å². The molecule has 1 unspecified atom stereocenters. The molecule has 0 aromatic heterocycles. The molecule has 0 bridgehead atoms. The molecule has 1 aliphatic rings. The first-order valence-corrected chi connectivity index (χ1v) is 9.87. The van der Waals surface area contributed by atoms with Gasteiger partial charge in [-0.3, -0.25) is 4.79 Å². The number of hydrogen-bond donors (Lipinski definition) is 1.